The average Bonchev–Trinajstić information content (AvgIpc) is 2.46. The summed E-state index contributed by atoms with van der Waals surface area (Å²) in [6.07, 6.45) is 5.13. The molecule has 0 aromatic heterocycles. The van der Waals surface area contributed by atoms with Crippen LogP contribution in [0.1, 0.15) is 52.0 Å². The van der Waals surface area contributed by atoms with E-state index in [9.17, 15) is 0 Å². The maximum absolute atomic E-state index is 8.61. The summed E-state index contributed by atoms with van der Waals surface area (Å²) in [5, 5.41) is 12.1. The van der Waals surface area contributed by atoms with Crippen molar-refractivity contribution in [2.75, 3.05) is 13.2 Å². The van der Waals surface area contributed by atoms with Crippen LogP contribution in [0.25, 0.3) is 0 Å². The quantitative estimate of drug-likeness (QED) is 0.653. The second-order valence-corrected chi connectivity index (χ2v) is 6.28. The number of unbranched alkanes of at least 4 members (excludes halogenated alkanes) is 2. The highest BCUT2D eigenvalue weighted by Crippen LogP contribution is 2.23. The van der Waals surface area contributed by atoms with Gasteiger partial charge in [-0.2, -0.15) is 5.26 Å². The minimum atomic E-state index is 0.0968. The molecule has 116 valence electrons. The van der Waals surface area contributed by atoms with E-state index in [0.717, 1.165) is 24.4 Å². The van der Waals surface area contributed by atoms with Crippen molar-refractivity contribution in [1.82, 2.24) is 5.32 Å². The number of para-hydroxylation sites is 1. The zero-order valence-electron chi connectivity index (χ0n) is 13.6. The van der Waals surface area contributed by atoms with Crippen molar-refractivity contribution in [3.05, 3.63) is 29.8 Å². The molecule has 0 saturated heterocycles. The molecule has 1 aromatic rings. The van der Waals surface area contributed by atoms with Gasteiger partial charge in [0, 0.05) is 18.7 Å². The SMILES string of the molecule is CCCCCC(C)(C)CNCc1ccccc1OCC#N. The van der Waals surface area contributed by atoms with Gasteiger partial charge in [-0.15, -0.1) is 0 Å². The van der Waals surface area contributed by atoms with E-state index in [4.69, 9.17) is 10.00 Å². The molecule has 21 heavy (non-hydrogen) atoms. The second-order valence-electron chi connectivity index (χ2n) is 6.28. The van der Waals surface area contributed by atoms with E-state index in [-0.39, 0.29) is 6.61 Å². The van der Waals surface area contributed by atoms with E-state index in [1.165, 1.54) is 25.7 Å². The Morgan fingerprint density at radius 2 is 2.00 bits per heavy atom. The van der Waals surface area contributed by atoms with E-state index in [2.05, 4.69) is 26.1 Å². The maximum Gasteiger partial charge on any atom is 0.174 e. The first-order valence-corrected chi connectivity index (χ1v) is 7.87. The van der Waals surface area contributed by atoms with Gasteiger partial charge in [0.2, 0.25) is 0 Å². The highest BCUT2D eigenvalue weighted by Gasteiger charge is 2.16. The molecule has 1 aromatic carbocycles. The molecule has 0 aliphatic rings. The zero-order chi connectivity index (χ0) is 15.6. The van der Waals surface area contributed by atoms with E-state index in [0.29, 0.717) is 5.41 Å². The van der Waals surface area contributed by atoms with Crippen LogP contribution < -0.4 is 10.1 Å². The lowest BCUT2D eigenvalue weighted by Crippen LogP contribution is -2.29. The Hall–Kier alpha value is -1.53. The first-order valence-electron chi connectivity index (χ1n) is 7.87. The molecule has 0 unspecified atom stereocenters. The fourth-order valence-corrected chi connectivity index (χ4v) is 2.38. The summed E-state index contributed by atoms with van der Waals surface area (Å²) in [6.45, 7) is 8.73. The van der Waals surface area contributed by atoms with Crippen LogP contribution in [0.5, 0.6) is 5.75 Å². The standard InChI is InChI=1S/C18H28N2O/c1-4-5-8-11-18(2,3)15-20-14-16-9-6-7-10-17(16)21-13-12-19/h6-7,9-10,20H,4-5,8,11,13-15H2,1-3H3. The first-order chi connectivity index (χ1) is 10.1. The molecule has 0 bridgehead atoms. The van der Waals surface area contributed by atoms with Crippen LogP contribution in [-0.4, -0.2) is 13.2 Å². The van der Waals surface area contributed by atoms with E-state index < -0.39 is 0 Å². The minimum Gasteiger partial charge on any atom is -0.478 e. The molecule has 0 radical (unpaired) electrons. The molecule has 0 aliphatic carbocycles. The van der Waals surface area contributed by atoms with Crippen LogP contribution >= 0.6 is 0 Å². The highest BCUT2D eigenvalue weighted by atomic mass is 16.5. The minimum absolute atomic E-state index is 0.0968. The number of nitrogens with one attached hydrogen (secondary N) is 1. The van der Waals surface area contributed by atoms with Gasteiger partial charge in [0.1, 0.15) is 11.8 Å². The molecule has 0 atom stereocenters. The third-order valence-corrected chi connectivity index (χ3v) is 3.64. The van der Waals surface area contributed by atoms with Gasteiger partial charge in [-0.25, -0.2) is 0 Å². The molecule has 3 heteroatoms. The molecule has 0 spiro atoms. The lowest BCUT2D eigenvalue weighted by Gasteiger charge is -2.25. The fourth-order valence-electron chi connectivity index (χ4n) is 2.38. The van der Waals surface area contributed by atoms with Gasteiger partial charge >= 0.3 is 0 Å². The monoisotopic (exact) mass is 288 g/mol. The Morgan fingerprint density at radius 1 is 1.24 bits per heavy atom. The fraction of sp³-hybridized carbons (Fsp3) is 0.611. The molecular weight excluding hydrogens is 260 g/mol. The van der Waals surface area contributed by atoms with Crippen LogP contribution in [0.2, 0.25) is 0 Å². The number of rotatable bonds is 10. The van der Waals surface area contributed by atoms with Gasteiger partial charge in [-0.1, -0.05) is 58.2 Å². The number of hydrogen-bond acceptors (Lipinski definition) is 3. The van der Waals surface area contributed by atoms with Crippen molar-refractivity contribution in [2.45, 2.75) is 53.0 Å². The Balaban J connectivity index is 2.43. The summed E-state index contributed by atoms with van der Waals surface area (Å²) < 4.78 is 5.45. The summed E-state index contributed by atoms with van der Waals surface area (Å²) in [5.74, 6) is 0.801. The molecule has 1 rings (SSSR count). The van der Waals surface area contributed by atoms with Gasteiger partial charge in [0.25, 0.3) is 0 Å². The number of nitrogens with zero attached hydrogens (tertiary/aromatic N) is 1. The second kappa shape index (κ2) is 9.41. The van der Waals surface area contributed by atoms with Crippen LogP contribution in [0.4, 0.5) is 0 Å². The predicted octanol–water partition coefficient (Wildman–Crippen LogP) is 4.29. The average molecular weight is 288 g/mol. The summed E-state index contributed by atoms with van der Waals surface area (Å²) in [5.41, 5.74) is 1.43. The predicted molar refractivity (Wildman–Crippen MR) is 87.2 cm³/mol. The topological polar surface area (TPSA) is 45.0 Å². The molecule has 0 amide bonds. The van der Waals surface area contributed by atoms with Crippen LogP contribution in [0.3, 0.4) is 0 Å². The lowest BCUT2D eigenvalue weighted by molar-refractivity contribution is 0.300. The highest BCUT2D eigenvalue weighted by molar-refractivity contribution is 5.33. The largest absolute Gasteiger partial charge is 0.478 e. The van der Waals surface area contributed by atoms with Crippen LogP contribution in [0, 0.1) is 16.7 Å². The van der Waals surface area contributed by atoms with E-state index >= 15 is 0 Å². The maximum atomic E-state index is 8.61. The summed E-state index contributed by atoms with van der Waals surface area (Å²) in [4.78, 5) is 0. The van der Waals surface area contributed by atoms with Crippen molar-refractivity contribution >= 4 is 0 Å². The third-order valence-electron chi connectivity index (χ3n) is 3.64. The molecule has 0 heterocycles. The summed E-state index contributed by atoms with van der Waals surface area (Å²) in [6, 6.07) is 9.91. The first kappa shape index (κ1) is 17.5. The molecule has 1 N–H and O–H groups in total. The normalized spacial score (nSPS) is 11.1. The Kier molecular flexibility index (Phi) is 7.85. The lowest BCUT2D eigenvalue weighted by atomic mass is 9.87. The van der Waals surface area contributed by atoms with E-state index in [1.807, 2.05) is 30.3 Å². The molecule has 0 saturated carbocycles. The third kappa shape index (κ3) is 7.15. The van der Waals surface area contributed by atoms with Gasteiger partial charge in [0.05, 0.1) is 0 Å². The van der Waals surface area contributed by atoms with Gasteiger partial charge in [-0.05, 0) is 17.9 Å². The van der Waals surface area contributed by atoms with Crippen molar-refractivity contribution < 1.29 is 4.74 Å². The van der Waals surface area contributed by atoms with Crippen molar-refractivity contribution in [1.29, 1.82) is 5.26 Å². The Labute approximate surface area is 129 Å². The van der Waals surface area contributed by atoms with Crippen LogP contribution in [0.15, 0.2) is 24.3 Å². The Morgan fingerprint density at radius 3 is 2.71 bits per heavy atom. The van der Waals surface area contributed by atoms with E-state index in [1.54, 1.807) is 0 Å². The smallest absolute Gasteiger partial charge is 0.174 e. The summed E-state index contributed by atoms with van der Waals surface area (Å²) >= 11 is 0. The molecule has 0 fully saturated rings. The molecular formula is C18H28N2O. The van der Waals surface area contributed by atoms with Gasteiger partial charge < -0.3 is 10.1 Å². The zero-order valence-corrected chi connectivity index (χ0v) is 13.6. The molecule has 3 nitrogen and oxygen atoms in total. The van der Waals surface area contributed by atoms with Crippen molar-refractivity contribution in [3.8, 4) is 11.8 Å². The van der Waals surface area contributed by atoms with Crippen molar-refractivity contribution in [3.63, 3.8) is 0 Å². The number of hydrogen-bond donors (Lipinski definition) is 1. The van der Waals surface area contributed by atoms with Crippen LogP contribution in [-0.2, 0) is 6.54 Å². The number of benzene rings is 1. The summed E-state index contributed by atoms with van der Waals surface area (Å²) in [7, 11) is 0. The van der Waals surface area contributed by atoms with Gasteiger partial charge in [0.15, 0.2) is 6.61 Å². The molecule has 0 aliphatic heterocycles. The number of nitriles is 1. The Bertz CT molecular complexity index is 449. The van der Waals surface area contributed by atoms with Crippen molar-refractivity contribution in [2.24, 2.45) is 5.41 Å². The number of ether oxygens (including phenoxy) is 1. The van der Waals surface area contributed by atoms with Gasteiger partial charge in [-0.3, -0.25) is 0 Å².